The molecular weight excluding hydrogens is 341 g/mol. The van der Waals surface area contributed by atoms with Gasteiger partial charge in [0.1, 0.15) is 12.4 Å². The molecule has 0 fully saturated rings. The summed E-state index contributed by atoms with van der Waals surface area (Å²) in [4.78, 5) is 0. The van der Waals surface area contributed by atoms with Gasteiger partial charge in [0.15, 0.2) is 0 Å². The summed E-state index contributed by atoms with van der Waals surface area (Å²) in [5.74, 6) is 0.513. The van der Waals surface area contributed by atoms with Crippen molar-refractivity contribution in [3.8, 4) is 5.75 Å². The van der Waals surface area contributed by atoms with E-state index in [0.717, 1.165) is 4.47 Å². The Kier molecular flexibility index (Phi) is 6.78. The smallest absolute Gasteiger partial charge is 0.411 e. The highest BCUT2D eigenvalue weighted by Gasteiger charge is 2.27. The van der Waals surface area contributed by atoms with E-state index in [1.807, 2.05) is 6.92 Å². The quantitative estimate of drug-likeness (QED) is 0.754. The first kappa shape index (κ1) is 17.3. The minimum atomic E-state index is -4.35. The van der Waals surface area contributed by atoms with Gasteiger partial charge in [-0.1, -0.05) is 15.9 Å². The third-order valence-electron chi connectivity index (χ3n) is 2.43. The van der Waals surface area contributed by atoms with E-state index < -0.39 is 18.9 Å². The normalized spacial score (nSPS) is 13.3. The number of benzene rings is 1. The van der Waals surface area contributed by atoms with Crippen molar-refractivity contribution in [1.82, 2.24) is 0 Å². The summed E-state index contributed by atoms with van der Waals surface area (Å²) in [6.07, 6.45) is -5.23. The number of hydrogen-bond donors (Lipinski definition) is 1. The monoisotopic (exact) mass is 356 g/mol. The summed E-state index contributed by atoms with van der Waals surface area (Å²) >= 11 is 3.28. The fourth-order valence-electron chi connectivity index (χ4n) is 1.61. The largest absolute Gasteiger partial charge is 0.493 e. The van der Waals surface area contributed by atoms with Gasteiger partial charge in [-0.25, -0.2) is 0 Å². The van der Waals surface area contributed by atoms with Crippen molar-refractivity contribution in [2.24, 2.45) is 0 Å². The minimum absolute atomic E-state index is 0.0621. The lowest BCUT2D eigenvalue weighted by molar-refractivity contribution is -0.175. The van der Waals surface area contributed by atoms with Crippen molar-refractivity contribution in [3.63, 3.8) is 0 Å². The summed E-state index contributed by atoms with van der Waals surface area (Å²) in [6.45, 7) is 0.756. The average molecular weight is 357 g/mol. The zero-order valence-electron chi connectivity index (χ0n) is 10.9. The first-order chi connectivity index (χ1) is 9.33. The van der Waals surface area contributed by atoms with Gasteiger partial charge in [-0.2, -0.15) is 13.2 Å². The van der Waals surface area contributed by atoms with Crippen LogP contribution >= 0.6 is 15.9 Å². The summed E-state index contributed by atoms with van der Waals surface area (Å²) < 4.78 is 46.3. The maximum atomic E-state index is 11.9. The van der Waals surface area contributed by atoms with Crippen molar-refractivity contribution >= 4 is 15.9 Å². The van der Waals surface area contributed by atoms with E-state index in [1.54, 1.807) is 18.2 Å². The molecule has 1 N–H and O–H groups in total. The van der Waals surface area contributed by atoms with Crippen LogP contribution in [0.1, 0.15) is 25.0 Å². The van der Waals surface area contributed by atoms with E-state index in [9.17, 15) is 18.3 Å². The molecule has 0 aliphatic carbocycles. The molecule has 0 aromatic heterocycles. The molecule has 0 radical (unpaired) electrons. The molecule has 0 spiro atoms. The minimum Gasteiger partial charge on any atom is -0.493 e. The number of hydrogen-bond acceptors (Lipinski definition) is 3. The van der Waals surface area contributed by atoms with Gasteiger partial charge < -0.3 is 14.6 Å². The van der Waals surface area contributed by atoms with E-state index in [-0.39, 0.29) is 13.0 Å². The third kappa shape index (κ3) is 6.11. The van der Waals surface area contributed by atoms with Crippen LogP contribution in [0.15, 0.2) is 22.7 Å². The van der Waals surface area contributed by atoms with E-state index in [4.69, 9.17) is 4.74 Å². The number of ether oxygens (including phenoxy) is 2. The molecule has 0 aliphatic heterocycles. The van der Waals surface area contributed by atoms with Crippen LogP contribution in [-0.2, 0) is 4.74 Å². The number of halogens is 4. The summed E-state index contributed by atoms with van der Waals surface area (Å²) in [6, 6.07) is 5.14. The van der Waals surface area contributed by atoms with E-state index >= 15 is 0 Å². The molecule has 0 bridgehead atoms. The fraction of sp³-hybridized carbons (Fsp3) is 0.538. The molecule has 1 aromatic rings. The Labute approximate surface area is 123 Å². The van der Waals surface area contributed by atoms with Crippen molar-refractivity contribution in [2.75, 3.05) is 19.8 Å². The molecule has 1 rings (SSSR count). The van der Waals surface area contributed by atoms with Crippen molar-refractivity contribution in [2.45, 2.75) is 25.6 Å². The van der Waals surface area contributed by atoms with Crippen LogP contribution in [0.3, 0.4) is 0 Å². The van der Waals surface area contributed by atoms with Crippen LogP contribution in [0.4, 0.5) is 13.2 Å². The molecule has 0 saturated heterocycles. The van der Waals surface area contributed by atoms with Crippen LogP contribution in [-0.4, -0.2) is 31.1 Å². The van der Waals surface area contributed by atoms with E-state index in [0.29, 0.717) is 17.9 Å². The molecule has 0 heterocycles. The highest BCUT2D eigenvalue weighted by Crippen LogP contribution is 2.30. The zero-order chi connectivity index (χ0) is 15.2. The molecule has 1 atom stereocenters. The van der Waals surface area contributed by atoms with Crippen LogP contribution in [0, 0.1) is 0 Å². The molecule has 3 nitrogen and oxygen atoms in total. The van der Waals surface area contributed by atoms with Gasteiger partial charge in [-0.15, -0.1) is 0 Å². The van der Waals surface area contributed by atoms with Gasteiger partial charge in [0.25, 0.3) is 0 Å². The Morgan fingerprint density at radius 3 is 2.65 bits per heavy atom. The van der Waals surface area contributed by atoms with Crippen molar-refractivity contribution in [1.29, 1.82) is 0 Å². The summed E-state index contributed by atoms with van der Waals surface area (Å²) in [5, 5.41) is 10.0. The van der Waals surface area contributed by atoms with E-state index in [2.05, 4.69) is 20.7 Å². The third-order valence-corrected chi connectivity index (χ3v) is 2.93. The van der Waals surface area contributed by atoms with Crippen LogP contribution < -0.4 is 4.74 Å². The van der Waals surface area contributed by atoms with E-state index in [1.165, 1.54) is 0 Å². The average Bonchev–Trinajstić information content (AvgIpc) is 2.35. The first-order valence-electron chi connectivity index (χ1n) is 6.08. The van der Waals surface area contributed by atoms with Crippen molar-refractivity contribution < 1.29 is 27.8 Å². The lowest BCUT2D eigenvalue weighted by atomic mass is 10.1. The molecule has 0 amide bonds. The van der Waals surface area contributed by atoms with Gasteiger partial charge >= 0.3 is 6.18 Å². The van der Waals surface area contributed by atoms with Gasteiger partial charge in [0, 0.05) is 23.1 Å². The van der Waals surface area contributed by atoms with Gasteiger partial charge in [0.2, 0.25) is 0 Å². The molecule has 1 unspecified atom stereocenters. The molecular formula is C13H16BrF3O3. The highest BCUT2D eigenvalue weighted by atomic mass is 79.9. The zero-order valence-corrected chi connectivity index (χ0v) is 12.5. The summed E-state index contributed by atoms with van der Waals surface area (Å²) in [7, 11) is 0. The lowest BCUT2D eigenvalue weighted by Gasteiger charge is -2.16. The van der Waals surface area contributed by atoms with Gasteiger partial charge in [0.05, 0.1) is 12.7 Å². The first-order valence-corrected chi connectivity index (χ1v) is 6.87. The predicted octanol–water partition coefficient (Wildman–Crippen LogP) is 3.85. The van der Waals surface area contributed by atoms with Gasteiger partial charge in [-0.3, -0.25) is 0 Å². The maximum Gasteiger partial charge on any atom is 0.411 e. The van der Waals surface area contributed by atoms with Crippen LogP contribution in [0.5, 0.6) is 5.75 Å². The molecule has 114 valence electrons. The van der Waals surface area contributed by atoms with Crippen LogP contribution in [0.25, 0.3) is 0 Å². The maximum absolute atomic E-state index is 11.9. The molecule has 0 aliphatic rings. The SMILES string of the molecule is CCOc1ccc(Br)cc1C(O)CCOCC(F)(F)F. The number of alkyl halides is 3. The number of aliphatic hydroxyl groups excluding tert-OH is 1. The fourth-order valence-corrected chi connectivity index (χ4v) is 1.98. The molecule has 7 heteroatoms. The van der Waals surface area contributed by atoms with Gasteiger partial charge in [-0.05, 0) is 25.1 Å². The predicted molar refractivity (Wildman–Crippen MR) is 71.8 cm³/mol. The number of rotatable bonds is 7. The molecule has 0 saturated carbocycles. The Bertz CT molecular complexity index is 424. The van der Waals surface area contributed by atoms with Crippen molar-refractivity contribution in [3.05, 3.63) is 28.2 Å². The Hall–Kier alpha value is -0.790. The topological polar surface area (TPSA) is 38.7 Å². The Balaban J connectivity index is 2.58. The molecule has 20 heavy (non-hydrogen) atoms. The second-order valence-corrected chi connectivity index (χ2v) is 5.00. The van der Waals surface area contributed by atoms with Crippen LogP contribution in [0.2, 0.25) is 0 Å². The highest BCUT2D eigenvalue weighted by molar-refractivity contribution is 9.10. The lowest BCUT2D eigenvalue weighted by Crippen LogP contribution is -2.18. The molecule has 1 aromatic carbocycles. The summed E-state index contributed by atoms with van der Waals surface area (Å²) in [5.41, 5.74) is 0.525. The second-order valence-electron chi connectivity index (χ2n) is 4.09. The Morgan fingerprint density at radius 2 is 2.05 bits per heavy atom. The number of aliphatic hydroxyl groups is 1. The standard InChI is InChI=1S/C13H16BrF3O3/c1-2-20-12-4-3-9(14)7-10(12)11(18)5-6-19-8-13(15,16)17/h3-4,7,11,18H,2,5-6,8H2,1H3. The second kappa shape index (κ2) is 7.85. The Morgan fingerprint density at radius 1 is 1.35 bits per heavy atom.